The highest BCUT2D eigenvalue weighted by atomic mass is 16.6. The number of nitro groups is 2. The highest BCUT2D eigenvalue weighted by molar-refractivity contribution is 5.67. The maximum Gasteiger partial charge on any atom is 0.407 e. The number of nitrogens with one attached hydrogen (secondary N) is 2. The largest absolute Gasteiger partial charge is 0.444 e. The second-order valence-corrected chi connectivity index (χ2v) is 11.7. The van der Waals surface area contributed by atoms with Crippen molar-refractivity contribution >= 4 is 23.2 Å². The maximum absolute atomic E-state index is 11.5. The number of ether oxygens (including phenoxy) is 11. The molecule has 0 radical (unpaired) electrons. The Morgan fingerprint density at radius 1 is 0.547 bits per heavy atom. The summed E-state index contributed by atoms with van der Waals surface area (Å²) in [5, 5.41) is 27.4. The second-order valence-electron chi connectivity index (χ2n) is 11.7. The molecule has 0 heterocycles. The van der Waals surface area contributed by atoms with Gasteiger partial charge in [-0.1, -0.05) is 0 Å². The Hall–Kier alpha value is -3.31. The van der Waals surface area contributed by atoms with Gasteiger partial charge in [-0.2, -0.15) is 0 Å². The number of non-ortho nitro benzene ring substituents is 1. The van der Waals surface area contributed by atoms with Gasteiger partial charge >= 0.3 is 6.09 Å². The van der Waals surface area contributed by atoms with Crippen molar-refractivity contribution in [3.8, 4) is 0 Å². The molecule has 20 heteroatoms. The van der Waals surface area contributed by atoms with Gasteiger partial charge in [0.05, 0.1) is 148 Å². The van der Waals surface area contributed by atoms with E-state index in [0.717, 1.165) is 6.07 Å². The molecule has 0 unspecified atom stereocenters. The Kier molecular flexibility index (Phi) is 28.9. The van der Waals surface area contributed by atoms with E-state index in [1.165, 1.54) is 12.1 Å². The van der Waals surface area contributed by atoms with Gasteiger partial charge in [-0.3, -0.25) is 20.2 Å². The molecule has 0 bridgehead atoms. The lowest BCUT2D eigenvalue weighted by atomic mass is 10.2. The van der Waals surface area contributed by atoms with Crippen molar-refractivity contribution in [2.24, 2.45) is 0 Å². The van der Waals surface area contributed by atoms with Crippen molar-refractivity contribution in [3.05, 3.63) is 38.4 Å². The van der Waals surface area contributed by atoms with E-state index in [4.69, 9.17) is 52.1 Å². The van der Waals surface area contributed by atoms with Gasteiger partial charge in [0.1, 0.15) is 11.3 Å². The average molecular weight is 767 g/mol. The lowest BCUT2D eigenvalue weighted by Gasteiger charge is -2.19. The molecule has 20 nitrogen and oxygen atoms in total. The Labute approximate surface area is 310 Å². The van der Waals surface area contributed by atoms with Crippen molar-refractivity contribution < 1.29 is 66.7 Å². The van der Waals surface area contributed by atoms with Crippen LogP contribution in [-0.2, 0) is 52.1 Å². The Bertz CT molecular complexity index is 1100. The van der Waals surface area contributed by atoms with Gasteiger partial charge < -0.3 is 62.7 Å². The van der Waals surface area contributed by atoms with Gasteiger partial charge in [0.2, 0.25) is 0 Å². The van der Waals surface area contributed by atoms with E-state index in [0.29, 0.717) is 132 Å². The molecule has 0 aliphatic carbocycles. The van der Waals surface area contributed by atoms with Crippen LogP contribution in [0.1, 0.15) is 20.8 Å². The predicted molar refractivity (Wildman–Crippen MR) is 191 cm³/mol. The highest BCUT2D eigenvalue weighted by Crippen LogP contribution is 2.28. The molecule has 0 atom stereocenters. The fourth-order valence-electron chi connectivity index (χ4n) is 3.81. The van der Waals surface area contributed by atoms with Crippen LogP contribution in [0.15, 0.2) is 18.2 Å². The fourth-order valence-corrected chi connectivity index (χ4v) is 3.81. The van der Waals surface area contributed by atoms with Gasteiger partial charge in [-0.25, -0.2) is 4.79 Å². The minimum absolute atomic E-state index is 0.181. The first-order valence-corrected chi connectivity index (χ1v) is 17.5. The summed E-state index contributed by atoms with van der Waals surface area (Å²) >= 11 is 0. The molecular formula is C33H58N4O16. The molecule has 1 rings (SSSR count). The van der Waals surface area contributed by atoms with Crippen LogP contribution in [0, 0.1) is 20.2 Å². The average Bonchev–Trinajstić information content (AvgIpc) is 3.10. The summed E-state index contributed by atoms with van der Waals surface area (Å²) in [7, 11) is 0. The van der Waals surface area contributed by atoms with Gasteiger partial charge in [-0.15, -0.1) is 0 Å². The van der Waals surface area contributed by atoms with Crippen LogP contribution in [-0.4, -0.2) is 167 Å². The fraction of sp³-hybridized carbons (Fsp3) is 0.788. The number of anilines is 1. The summed E-state index contributed by atoms with van der Waals surface area (Å²) in [4.78, 5) is 32.1. The molecule has 0 saturated carbocycles. The molecule has 0 aromatic heterocycles. The first-order chi connectivity index (χ1) is 25.6. The van der Waals surface area contributed by atoms with Gasteiger partial charge in [-0.05, 0) is 26.8 Å². The van der Waals surface area contributed by atoms with Crippen LogP contribution in [0.2, 0.25) is 0 Å². The molecule has 1 aromatic carbocycles. The zero-order valence-corrected chi connectivity index (χ0v) is 31.2. The third kappa shape index (κ3) is 29.8. The van der Waals surface area contributed by atoms with Crippen molar-refractivity contribution in [2.45, 2.75) is 26.4 Å². The zero-order valence-electron chi connectivity index (χ0n) is 31.2. The van der Waals surface area contributed by atoms with E-state index in [2.05, 4.69) is 10.6 Å². The Balaban J connectivity index is 1.72. The van der Waals surface area contributed by atoms with E-state index in [9.17, 15) is 25.0 Å². The number of rotatable bonds is 36. The van der Waals surface area contributed by atoms with Crippen molar-refractivity contribution in [1.82, 2.24) is 5.32 Å². The number of carbonyl (C=O) groups is 1. The third-order valence-corrected chi connectivity index (χ3v) is 6.21. The molecule has 2 N–H and O–H groups in total. The van der Waals surface area contributed by atoms with Crippen LogP contribution in [0.25, 0.3) is 0 Å². The molecule has 1 aromatic rings. The van der Waals surface area contributed by atoms with Crippen molar-refractivity contribution in [3.63, 3.8) is 0 Å². The summed E-state index contributed by atoms with van der Waals surface area (Å²) < 4.78 is 59.5. The smallest absolute Gasteiger partial charge is 0.407 e. The minimum atomic E-state index is -0.684. The van der Waals surface area contributed by atoms with E-state index in [1.54, 1.807) is 20.8 Å². The first-order valence-electron chi connectivity index (χ1n) is 17.5. The molecule has 53 heavy (non-hydrogen) atoms. The molecular weight excluding hydrogens is 708 g/mol. The van der Waals surface area contributed by atoms with Crippen LogP contribution < -0.4 is 10.6 Å². The SMILES string of the molecule is CC(C)(C)OC(=O)NCCOCCOCCOCCOCCOCCOCCOCCOCCOCCOCCNc1ccc([N+](=O)[O-])cc1[N+](=O)[O-]. The quantitative estimate of drug-likeness (QED) is 0.0568. The first kappa shape index (κ1) is 47.7. The molecule has 0 aliphatic heterocycles. The number of amides is 1. The molecule has 0 saturated heterocycles. The third-order valence-electron chi connectivity index (χ3n) is 6.21. The number of nitrogens with zero attached hydrogens (tertiary/aromatic N) is 2. The van der Waals surface area contributed by atoms with Crippen molar-refractivity contribution in [2.75, 3.05) is 151 Å². The lowest BCUT2D eigenvalue weighted by molar-refractivity contribution is -0.393. The van der Waals surface area contributed by atoms with Gasteiger partial charge in [0.15, 0.2) is 0 Å². The molecule has 0 spiro atoms. The summed E-state index contributed by atoms with van der Waals surface area (Å²) in [6.45, 7) is 14.5. The summed E-state index contributed by atoms with van der Waals surface area (Å²) in [6.07, 6.45) is -0.465. The van der Waals surface area contributed by atoms with Crippen LogP contribution in [0.4, 0.5) is 21.9 Å². The standard InChI is InChI=1S/C33H58N4O16/c1-33(2,3)53-32(38)35-7-9-44-11-13-46-15-17-48-19-21-50-23-25-52-27-26-51-24-22-49-20-18-47-16-14-45-12-10-43-8-6-34-30-5-4-29(36(39)40)28-31(30)37(41)42/h4-5,28,34H,6-27H2,1-3H3,(H,35,38). The summed E-state index contributed by atoms with van der Waals surface area (Å²) in [5.74, 6) is 0. The predicted octanol–water partition coefficient (Wildman–Crippen LogP) is 2.61. The van der Waals surface area contributed by atoms with E-state index < -0.39 is 21.5 Å². The maximum atomic E-state index is 11.5. The van der Waals surface area contributed by atoms with E-state index >= 15 is 0 Å². The second kappa shape index (κ2) is 32.1. The molecule has 0 fully saturated rings. The normalized spacial score (nSPS) is 11.5. The van der Waals surface area contributed by atoms with Crippen LogP contribution in [0.5, 0.6) is 0 Å². The lowest BCUT2D eigenvalue weighted by Crippen LogP contribution is -2.34. The van der Waals surface area contributed by atoms with Gasteiger partial charge in [0.25, 0.3) is 11.4 Å². The summed E-state index contributed by atoms with van der Waals surface area (Å²) in [5.41, 5.74) is -1.06. The number of hydrogen-bond acceptors (Lipinski definition) is 17. The highest BCUT2D eigenvalue weighted by Gasteiger charge is 2.19. The molecule has 306 valence electrons. The molecule has 1 amide bonds. The van der Waals surface area contributed by atoms with E-state index in [1.807, 2.05) is 0 Å². The van der Waals surface area contributed by atoms with E-state index in [-0.39, 0.29) is 30.2 Å². The summed E-state index contributed by atoms with van der Waals surface area (Å²) in [6, 6.07) is 3.42. The Morgan fingerprint density at radius 3 is 1.21 bits per heavy atom. The number of benzene rings is 1. The Morgan fingerprint density at radius 2 is 0.887 bits per heavy atom. The zero-order chi connectivity index (χ0) is 38.8. The monoisotopic (exact) mass is 766 g/mol. The number of alkyl carbamates (subject to hydrolysis) is 1. The minimum Gasteiger partial charge on any atom is -0.444 e. The molecule has 0 aliphatic rings. The number of nitro benzene ring substituents is 2. The van der Waals surface area contributed by atoms with Crippen LogP contribution in [0.3, 0.4) is 0 Å². The topological polar surface area (TPSA) is 229 Å². The van der Waals surface area contributed by atoms with Crippen molar-refractivity contribution in [1.29, 1.82) is 0 Å². The van der Waals surface area contributed by atoms with Gasteiger partial charge in [0, 0.05) is 19.2 Å². The van der Waals surface area contributed by atoms with Crippen LogP contribution >= 0.6 is 0 Å². The number of hydrogen-bond donors (Lipinski definition) is 2. The number of carbonyl (C=O) groups excluding carboxylic acids is 1.